The smallest absolute Gasteiger partial charge is 0.306 e. The molecule has 0 bridgehead atoms. The number of hydrogen-bond acceptors (Lipinski definition) is 15. The Hall–Kier alpha value is -4.99. The fourth-order valence-electron chi connectivity index (χ4n) is 8.26. The summed E-state index contributed by atoms with van der Waals surface area (Å²) in [5, 5.41) is 39.4. The van der Waals surface area contributed by atoms with E-state index in [-0.39, 0.29) is 94.7 Å². The fraction of sp³-hybridized carbons (Fsp3) is 0.756. The maximum atomic E-state index is 13.4. The van der Waals surface area contributed by atoms with Gasteiger partial charge in [-0.05, 0) is 70.8 Å². The molecule has 2 aliphatic rings. The first-order chi connectivity index (χ1) is 31.2. The molecule has 2 saturated heterocycles. The van der Waals surface area contributed by atoms with Gasteiger partial charge in [0.05, 0.1) is 42.7 Å². The highest BCUT2D eigenvalue weighted by atomic mass is 16.4. The molecule has 0 aromatic heterocycles. The largest absolute Gasteiger partial charge is 0.481 e. The number of unbranched alkanes of at least 4 members (excludes halogenated alkanes) is 1. The number of aliphatic hydroxyl groups is 2. The molecule has 372 valence electrons. The molecule has 0 radical (unpaired) electrons. The number of aliphatic hydroxyl groups excluding tert-OH is 2. The third-order valence-electron chi connectivity index (χ3n) is 12.0. The van der Waals surface area contributed by atoms with E-state index in [1.807, 2.05) is 13.8 Å². The molecular weight excluding hydrogens is 863 g/mol. The molecule has 5 amide bonds. The maximum absolute atomic E-state index is 13.4. The van der Waals surface area contributed by atoms with E-state index in [0.717, 1.165) is 0 Å². The zero-order valence-corrected chi connectivity index (χ0v) is 38.7. The predicted octanol–water partition coefficient (Wildman–Crippen LogP) is -0.862. The molecule has 11 N–H and O–H groups in total. The minimum atomic E-state index is -1.25. The summed E-state index contributed by atoms with van der Waals surface area (Å²) in [6.45, 7) is 5.05. The summed E-state index contributed by atoms with van der Waals surface area (Å²) in [6, 6.07) is -3.65. The molecule has 0 aromatic carbocycles. The lowest BCUT2D eigenvalue weighted by Crippen LogP contribution is -2.45. The van der Waals surface area contributed by atoms with Gasteiger partial charge in [0.15, 0.2) is 23.1 Å². The molecule has 21 nitrogen and oxygen atoms in total. The third-order valence-corrected chi connectivity index (χ3v) is 12.0. The molecule has 2 fully saturated rings. The van der Waals surface area contributed by atoms with E-state index in [1.54, 1.807) is 0 Å². The number of carboxylic acid groups (broad SMARTS) is 1. The van der Waals surface area contributed by atoms with Crippen LogP contribution in [0.4, 0.5) is 0 Å². The molecule has 66 heavy (non-hydrogen) atoms. The van der Waals surface area contributed by atoms with Crippen molar-refractivity contribution < 1.29 is 68.1 Å². The number of rotatable bonds is 34. The molecular formula is C45H73N7O14. The van der Waals surface area contributed by atoms with Crippen molar-refractivity contribution in [2.45, 2.75) is 160 Å². The van der Waals surface area contributed by atoms with Crippen LogP contribution in [0, 0.1) is 23.7 Å². The standard InChI is InChI=1S/C45H73N7O14/c1-26(2)19-30(44(64)50-27(3)36(56)11-14-42(62)52-17-6-8-35(52)39(59)22-29(45(65)66)7-4-5-16-46)20-31(54)25-49-43(63)28(15-18-53)21-38(58)33(9-12-40(47)60)51-41(61)13-10-37(57)34-23-32(55)24-48-34/h26-30,32-35,48,53,55H,4-25,46H2,1-3H3,(H2,47,60)(H,49,63)(H,50,64)(H,51,61)(H,65,66)/t27-,28+,29+,30+,32+,33-,34-,35-/m0/s1. The van der Waals surface area contributed by atoms with Crippen molar-refractivity contribution in [1.29, 1.82) is 0 Å². The lowest BCUT2D eigenvalue weighted by molar-refractivity contribution is -0.145. The fourth-order valence-corrected chi connectivity index (χ4v) is 8.26. The van der Waals surface area contributed by atoms with Gasteiger partial charge in [-0.3, -0.25) is 52.7 Å². The summed E-state index contributed by atoms with van der Waals surface area (Å²) in [7, 11) is 0. The molecule has 0 aliphatic carbocycles. The van der Waals surface area contributed by atoms with Crippen LogP contribution >= 0.6 is 0 Å². The van der Waals surface area contributed by atoms with Gasteiger partial charge in [-0.2, -0.15) is 0 Å². The van der Waals surface area contributed by atoms with E-state index >= 15 is 0 Å². The number of likely N-dealkylation sites (tertiary alicyclic amines) is 1. The molecule has 0 unspecified atom stereocenters. The Kier molecular flexibility index (Phi) is 25.6. The Labute approximate surface area is 386 Å². The van der Waals surface area contributed by atoms with E-state index in [9.17, 15) is 68.1 Å². The van der Waals surface area contributed by atoms with Gasteiger partial charge in [0, 0.05) is 82.9 Å². The van der Waals surface area contributed by atoms with Crippen molar-refractivity contribution in [1.82, 2.24) is 26.2 Å². The van der Waals surface area contributed by atoms with Crippen LogP contribution < -0.4 is 32.7 Å². The first-order valence-corrected chi connectivity index (χ1v) is 23.2. The van der Waals surface area contributed by atoms with Crippen LogP contribution in [0.3, 0.4) is 0 Å². The van der Waals surface area contributed by atoms with Crippen LogP contribution in [-0.4, -0.2) is 148 Å². The van der Waals surface area contributed by atoms with Gasteiger partial charge in [0.2, 0.25) is 29.5 Å². The monoisotopic (exact) mass is 936 g/mol. The van der Waals surface area contributed by atoms with Crippen LogP contribution in [0.5, 0.6) is 0 Å². The molecule has 0 aromatic rings. The second kappa shape index (κ2) is 29.6. The van der Waals surface area contributed by atoms with Crippen molar-refractivity contribution in [2.75, 3.05) is 32.8 Å². The first-order valence-electron chi connectivity index (χ1n) is 23.2. The topological polar surface area (TPSA) is 352 Å². The average Bonchev–Trinajstić information content (AvgIpc) is 3.94. The van der Waals surface area contributed by atoms with Gasteiger partial charge in [-0.1, -0.05) is 20.3 Å². The van der Waals surface area contributed by atoms with Gasteiger partial charge in [0.25, 0.3) is 0 Å². The molecule has 2 rings (SSSR count). The molecule has 0 spiro atoms. The van der Waals surface area contributed by atoms with E-state index < -0.39 is 120 Å². The number of hydrogen-bond donors (Lipinski definition) is 9. The Morgan fingerprint density at radius 1 is 0.773 bits per heavy atom. The lowest BCUT2D eigenvalue weighted by atomic mass is 9.90. The van der Waals surface area contributed by atoms with E-state index in [1.165, 1.54) is 11.8 Å². The number of carbonyl (C=O) groups excluding carboxylic acids is 10. The van der Waals surface area contributed by atoms with Crippen LogP contribution in [0.25, 0.3) is 0 Å². The molecule has 2 heterocycles. The maximum Gasteiger partial charge on any atom is 0.306 e. The Balaban J connectivity index is 1.95. The molecule has 21 heteroatoms. The number of ketones is 5. The van der Waals surface area contributed by atoms with Gasteiger partial charge in [-0.25, -0.2) is 0 Å². The van der Waals surface area contributed by atoms with E-state index in [4.69, 9.17) is 11.5 Å². The Morgan fingerprint density at radius 2 is 1.48 bits per heavy atom. The summed E-state index contributed by atoms with van der Waals surface area (Å²) in [5.74, 6) is -9.52. The highest BCUT2D eigenvalue weighted by Crippen LogP contribution is 2.25. The minimum absolute atomic E-state index is 0.0543. The average molecular weight is 936 g/mol. The second-order valence-electron chi connectivity index (χ2n) is 18.0. The van der Waals surface area contributed by atoms with Crippen molar-refractivity contribution >= 4 is 64.4 Å². The normalized spacial score (nSPS) is 19.3. The van der Waals surface area contributed by atoms with E-state index in [2.05, 4.69) is 21.3 Å². The number of carboxylic acids is 1. The Morgan fingerprint density at radius 3 is 2.09 bits per heavy atom. The second-order valence-corrected chi connectivity index (χ2v) is 18.0. The number of β-amino-alcohol motifs (C(OH)–C–C–N with tert-alkyl or cyclic N) is 1. The zero-order chi connectivity index (χ0) is 49.5. The van der Waals surface area contributed by atoms with Gasteiger partial charge < -0.3 is 53.0 Å². The number of Topliss-reactive ketones (excluding diaryl/α,β-unsaturated/α-hetero) is 5. The number of nitrogens with zero attached hydrogens (tertiary/aromatic N) is 1. The van der Waals surface area contributed by atoms with Crippen LogP contribution in [-0.2, 0) is 52.7 Å². The van der Waals surface area contributed by atoms with Crippen molar-refractivity contribution in [3.05, 3.63) is 0 Å². The number of carbonyl (C=O) groups is 11. The minimum Gasteiger partial charge on any atom is -0.481 e. The summed E-state index contributed by atoms with van der Waals surface area (Å²) in [4.78, 5) is 143. The number of nitrogens with one attached hydrogen (secondary N) is 4. The summed E-state index contributed by atoms with van der Waals surface area (Å²) >= 11 is 0. The molecule has 2 aliphatic heterocycles. The summed E-state index contributed by atoms with van der Waals surface area (Å²) in [5.41, 5.74) is 10.8. The molecule has 0 saturated carbocycles. The zero-order valence-electron chi connectivity index (χ0n) is 38.7. The Bertz CT molecular complexity index is 1720. The molecule has 8 atom stereocenters. The highest BCUT2D eigenvalue weighted by molar-refractivity contribution is 5.97. The van der Waals surface area contributed by atoms with Crippen molar-refractivity contribution in [3.63, 3.8) is 0 Å². The van der Waals surface area contributed by atoms with E-state index in [0.29, 0.717) is 45.2 Å². The first kappa shape index (κ1) is 57.1. The summed E-state index contributed by atoms with van der Waals surface area (Å²) in [6.07, 6.45) is -0.344. The van der Waals surface area contributed by atoms with Crippen LogP contribution in [0.1, 0.15) is 130 Å². The predicted molar refractivity (Wildman–Crippen MR) is 238 cm³/mol. The number of primary amides is 1. The van der Waals surface area contributed by atoms with Crippen LogP contribution in [0.2, 0.25) is 0 Å². The third kappa shape index (κ3) is 20.7. The van der Waals surface area contributed by atoms with Crippen molar-refractivity contribution in [3.8, 4) is 0 Å². The van der Waals surface area contributed by atoms with Crippen LogP contribution in [0.15, 0.2) is 0 Å². The number of amides is 5. The van der Waals surface area contributed by atoms with Crippen molar-refractivity contribution in [2.24, 2.45) is 35.1 Å². The number of nitrogens with two attached hydrogens (primary N) is 2. The SMILES string of the molecule is CC(C)C[C@H](CC(=O)CNC(=O)[C@H](CCO)CC(=O)[C@H](CCC(N)=O)NC(=O)CCC(=O)[C@@H]1C[C@@H](O)CN1)C(=O)N[C@@H](C)C(=O)CCC(=O)N1CCC[C@H]1C(=O)C[C@@H](CCCCN)C(=O)O. The van der Waals surface area contributed by atoms with Gasteiger partial charge >= 0.3 is 5.97 Å². The lowest BCUT2D eigenvalue weighted by Gasteiger charge is -2.25. The summed E-state index contributed by atoms with van der Waals surface area (Å²) < 4.78 is 0. The highest BCUT2D eigenvalue weighted by Gasteiger charge is 2.37. The quantitative estimate of drug-likeness (QED) is 0.0355. The van der Waals surface area contributed by atoms with Gasteiger partial charge in [0.1, 0.15) is 5.78 Å². The van der Waals surface area contributed by atoms with Gasteiger partial charge in [-0.15, -0.1) is 0 Å². The number of aliphatic carboxylic acids is 1.